The standard InChI is InChI=1S/C23H29N5O/c1-15(2)13-18-20(23(18,3)4)22(29)26-12-8-11-19-17(14-24)21(25)28(27-19)16-9-6-5-7-10-16/h5-7,9-10,13,18,20H,8,11-12,25H2,1-4H3,(H,26,29). The highest BCUT2D eigenvalue weighted by Gasteiger charge is 2.60. The summed E-state index contributed by atoms with van der Waals surface area (Å²) < 4.78 is 1.60. The molecular formula is C23H29N5O. The van der Waals surface area contributed by atoms with Crippen molar-refractivity contribution in [1.29, 1.82) is 5.26 Å². The monoisotopic (exact) mass is 391 g/mol. The highest BCUT2D eigenvalue weighted by Crippen LogP contribution is 2.59. The number of nitrogens with zero attached hydrogens (tertiary/aromatic N) is 3. The van der Waals surface area contributed by atoms with Crippen LogP contribution in [0.1, 0.15) is 45.4 Å². The van der Waals surface area contributed by atoms with Crippen molar-refractivity contribution in [2.24, 2.45) is 17.3 Å². The maximum absolute atomic E-state index is 12.6. The summed E-state index contributed by atoms with van der Waals surface area (Å²) in [6.07, 6.45) is 3.48. The predicted octanol–water partition coefficient (Wildman–Crippen LogP) is 3.61. The molecule has 2 aromatic rings. The highest BCUT2D eigenvalue weighted by atomic mass is 16.2. The molecule has 1 aliphatic carbocycles. The second kappa shape index (κ2) is 8.12. The summed E-state index contributed by atoms with van der Waals surface area (Å²) in [5.41, 5.74) is 9.29. The average Bonchev–Trinajstić information content (AvgIpc) is 3.05. The van der Waals surface area contributed by atoms with Crippen molar-refractivity contribution in [2.75, 3.05) is 12.3 Å². The molecule has 0 radical (unpaired) electrons. The lowest BCUT2D eigenvalue weighted by atomic mass is 10.1. The van der Waals surface area contributed by atoms with Crippen molar-refractivity contribution in [2.45, 2.75) is 40.5 Å². The number of anilines is 1. The summed E-state index contributed by atoms with van der Waals surface area (Å²) in [4.78, 5) is 12.6. The van der Waals surface area contributed by atoms with Crippen LogP contribution < -0.4 is 11.1 Å². The molecule has 0 bridgehead atoms. The van der Waals surface area contributed by atoms with Gasteiger partial charge in [-0.2, -0.15) is 10.4 Å². The average molecular weight is 392 g/mol. The first-order chi connectivity index (χ1) is 13.8. The molecule has 3 N–H and O–H groups in total. The summed E-state index contributed by atoms with van der Waals surface area (Å²) in [6.45, 7) is 8.96. The number of hydrogen-bond donors (Lipinski definition) is 2. The minimum Gasteiger partial charge on any atom is -0.382 e. The van der Waals surface area contributed by atoms with Gasteiger partial charge in [0.2, 0.25) is 5.91 Å². The van der Waals surface area contributed by atoms with Crippen molar-refractivity contribution in [3.8, 4) is 11.8 Å². The van der Waals surface area contributed by atoms with Gasteiger partial charge in [-0.15, -0.1) is 0 Å². The van der Waals surface area contributed by atoms with Crippen molar-refractivity contribution in [1.82, 2.24) is 15.1 Å². The number of allylic oxidation sites excluding steroid dienone is 2. The lowest BCUT2D eigenvalue weighted by molar-refractivity contribution is -0.123. The predicted molar refractivity (Wildman–Crippen MR) is 114 cm³/mol. The van der Waals surface area contributed by atoms with Crippen LogP contribution in [0.4, 0.5) is 5.82 Å². The van der Waals surface area contributed by atoms with Gasteiger partial charge in [0.25, 0.3) is 0 Å². The van der Waals surface area contributed by atoms with Gasteiger partial charge in [-0.1, -0.05) is 43.7 Å². The molecule has 1 amide bonds. The van der Waals surface area contributed by atoms with E-state index in [-0.39, 0.29) is 17.2 Å². The van der Waals surface area contributed by atoms with Gasteiger partial charge in [0.05, 0.1) is 17.3 Å². The Labute approximate surface area is 172 Å². The molecule has 1 heterocycles. The van der Waals surface area contributed by atoms with Crippen LogP contribution in [0.25, 0.3) is 5.69 Å². The van der Waals surface area contributed by atoms with Crippen LogP contribution >= 0.6 is 0 Å². The molecule has 6 nitrogen and oxygen atoms in total. The number of para-hydroxylation sites is 1. The molecule has 0 saturated heterocycles. The Morgan fingerprint density at radius 1 is 1.34 bits per heavy atom. The molecule has 1 aromatic heterocycles. The first-order valence-electron chi connectivity index (χ1n) is 10.0. The van der Waals surface area contributed by atoms with Crippen LogP contribution in [-0.2, 0) is 11.2 Å². The number of rotatable bonds is 7. The van der Waals surface area contributed by atoms with Gasteiger partial charge in [0.1, 0.15) is 17.5 Å². The first kappa shape index (κ1) is 20.7. The zero-order valence-corrected chi connectivity index (χ0v) is 17.6. The molecule has 2 atom stereocenters. The summed E-state index contributed by atoms with van der Waals surface area (Å²) in [5.74, 6) is 0.786. The van der Waals surface area contributed by atoms with Crippen LogP contribution in [-0.4, -0.2) is 22.2 Å². The van der Waals surface area contributed by atoms with E-state index in [4.69, 9.17) is 5.73 Å². The lowest BCUT2D eigenvalue weighted by Gasteiger charge is -2.05. The minimum absolute atomic E-state index is 0.0121. The number of nitrogen functional groups attached to an aromatic ring is 1. The quantitative estimate of drug-likeness (QED) is 0.556. The minimum atomic E-state index is 0.0121. The van der Waals surface area contributed by atoms with Crippen molar-refractivity contribution in [3.63, 3.8) is 0 Å². The first-order valence-corrected chi connectivity index (χ1v) is 10.0. The number of aromatic nitrogens is 2. The molecule has 29 heavy (non-hydrogen) atoms. The van der Waals surface area contributed by atoms with Crippen molar-refractivity contribution >= 4 is 11.7 Å². The Balaban J connectivity index is 1.58. The number of benzene rings is 1. The zero-order chi connectivity index (χ0) is 21.2. The number of amides is 1. The Morgan fingerprint density at radius 3 is 2.66 bits per heavy atom. The van der Waals surface area contributed by atoms with Gasteiger partial charge in [-0.05, 0) is 50.2 Å². The summed E-state index contributed by atoms with van der Waals surface area (Å²) in [7, 11) is 0. The van der Waals surface area contributed by atoms with Crippen LogP contribution in [0, 0.1) is 28.6 Å². The number of nitrogens with one attached hydrogen (secondary N) is 1. The molecule has 1 fully saturated rings. The molecule has 0 spiro atoms. The molecule has 1 saturated carbocycles. The summed E-state index contributed by atoms with van der Waals surface area (Å²) in [5, 5.41) is 17.1. The van der Waals surface area contributed by atoms with E-state index in [1.807, 2.05) is 30.3 Å². The number of hydrogen-bond acceptors (Lipinski definition) is 4. The van der Waals surface area contributed by atoms with E-state index in [1.54, 1.807) is 4.68 Å². The Bertz CT molecular complexity index is 961. The second-order valence-corrected chi connectivity index (χ2v) is 8.53. The molecule has 3 rings (SSSR count). The fraction of sp³-hybridized carbons (Fsp3) is 0.435. The molecule has 6 heteroatoms. The van der Waals surface area contributed by atoms with E-state index in [9.17, 15) is 10.1 Å². The third kappa shape index (κ3) is 4.19. The van der Waals surface area contributed by atoms with Gasteiger partial charge in [0, 0.05) is 6.54 Å². The third-order valence-electron chi connectivity index (χ3n) is 5.70. The second-order valence-electron chi connectivity index (χ2n) is 8.53. The fourth-order valence-corrected chi connectivity index (χ4v) is 3.97. The van der Waals surface area contributed by atoms with Gasteiger partial charge in [0.15, 0.2) is 0 Å². The topological polar surface area (TPSA) is 96.7 Å². The largest absolute Gasteiger partial charge is 0.382 e. The van der Waals surface area contributed by atoms with Crippen LogP contribution in [0.2, 0.25) is 0 Å². The molecule has 0 aliphatic heterocycles. The highest BCUT2D eigenvalue weighted by molar-refractivity contribution is 5.83. The van der Waals surface area contributed by atoms with Crippen molar-refractivity contribution in [3.05, 3.63) is 53.2 Å². The molecule has 2 unspecified atom stereocenters. The van der Waals surface area contributed by atoms with Crippen molar-refractivity contribution < 1.29 is 4.79 Å². The van der Waals surface area contributed by atoms with E-state index in [0.29, 0.717) is 42.4 Å². The van der Waals surface area contributed by atoms with Gasteiger partial charge in [-0.3, -0.25) is 4.79 Å². The van der Waals surface area contributed by atoms with Crippen LogP contribution in [0.15, 0.2) is 42.0 Å². The van der Waals surface area contributed by atoms with Crippen LogP contribution in [0.5, 0.6) is 0 Å². The fourth-order valence-electron chi connectivity index (χ4n) is 3.97. The maximum atomic E-state index is 12.6. The lowest BCUT2D eigenvalue weighted by Crippen LogP contribution is -2.28. The summed E-state index contributed by atoms with van der Waals surface area (Å²) in [6, 6.07) is 11.7. The molecule has 1 aliphatic rings. The number of nitriles is 1. The van der Waals surface area contributed by atoms with E-state index in [0.717, 1.165) is 5.69 Å². The SMILES string of the molecule is CC(C)=CC1C(C(=O)NCCCc2nn(-c3ccccc3)c(N)c2C#N)C1(C)C. The normalized spacial score (nSPS) is 19.3. The number of aryl methyl sites for hydroxylation is 1. The Hall–Kier alpha value is -3.07. The zero-order valence-electron chi connectivity index (χ0n) is 17.6. The van der Waals surface area contributed by atoms with Gasteiger partial charge < -0.3 is 11.1 Å². The Kier molecular flexibility index (Phi) is 5.78. The number of carbonyl (C=O) groups is 1. The van der Waals surface area contributed by atoms with E-state index < -0.39 is 0 Å². The smallest absolute Gasteiger partial charge is 0.224 e. The van der Waals surface area contributed by atoms with Crippen LogP contribution in [0.3, 0.4) is 0 Å². The number of nitrogens with two attached hydrogens (primary N) is 1. The van der Waals surface area contributed by atoms with E-state index in [2.05, 4.69) is 50.3 Å². The maximum Gasteiger partial charge on any atom is 0.224 e. The van der Waals surface area contributed by atoms with E-state index >= 15 is 0 Å². The van der Waals surface area contributed by atoms with Gasteiger partial charge in [-0.25, -0.2) is 4.68 Å². The molecule has 152 valence electrons. The third-order valence-corrected chi connectivity index (χ3v) is 5.70. The van der Waals surface area contributed by atoms with Gasteiger partial charge >= 0.3 is 0 Å². The Morgan fingerprint density at radius 2 is 2.03 bits per heavy atom. The van der Waals surface area contributed by atoms with E-state index in [1.165, 1.54) is 5.57 Å². The summed E-state index contributed by atoms with van der Waals surface area (Å²) >= 11 is 0. The molecule has 1 aromatic carbocycles. The number of carbonyl (C=O) groups excluding carboxylic acids is 1. The molecular weight excluding hydrogens is 362 g/mol.